The van der Waals surface area contributed by atoms with E-state index in [-0.39, 0.29) is 11.5 Å². The van der Waals surface area contributed by atoms with E-state index in [0.29, 0.717) is 17.0 Å². The summed E-state index contributed by atoms with van der Waals surface area (Å²) in [5.74, 6) is 0.362. The van der Waals surface area contributed by atoms with E-state index in [2.05, 4.69) is 10.1 Å². The number of halogens is 3. The third-order valence-electron chi connectivity index (χ3n) is 4.07. The van der Waals surface area contributed by atoms with E-state index in [4.69, 9.17) is 4.52 Å². The minimum absolute atomic E-state index is 0.0390. The Bertz CT molecular complexity index is 1060. The molecular weight excluding hydrogens is 353 g/mol. The van der Waals surface area contributed by atoms with Gasteiger partial charge in [-0.2, -0.15) is 18.2 Å². The molecular formula is C21H13F3N2O. The molecule has 1 aromatic heterocycles. The highest BCUT2D eigenvalue weighted by atomic mass is 19.4. The molecule has 0 bridgehead atoms. The zero-order valence-corrected chi connectivity index (χ0v) is 13.9. The summed E-state index contributed by atoms with van der Waals surface area (Å²) in [6, 6.07) is 21.7. The average molecular weight is 366 g/mol. The van der Waals surface area contributed by atoms with Crippen LogP contribution in [0.25, 0.3) is 34.0 Å². The van der Waals surface area contributed by atoms with E-state index in [0.717, 1.165) is 17.7 Å². The van der Waals surface area contributed by atoms with Crippen LogP contribution >= 0.6 is 0 Å². The fraction of sp³-hybridized carbons (Fsp3) is 0.0476. The van der Waals surface area contributed by atoms with E-state index in [1.807, 2.05) is 24.3 Å². The molecule has 1 heterocycles. The Labute approximate surface area is 153 Å². The Morgan fingerprint density at radius 1 is 0.667 bits per heavy atom. The van der Waals surface area contributed by atoms with E-state index in [1.54, 1.807) is 42.5 Å². The molecule has 0 aliphatic heterocycles. The van der Waals surface area contributed by atoms with Gasteiger partial charge < -0.3 is 4.52 Å². The van der Waals surface area contributed by atoms with Gasteiger partial charge in [0.1, 0.15) is 0 Å². The molecule has 27 heavy (non-hydrogen) atoms. The zero-order chi connectivity index (χ0) is 18.9. The highest BCUT2D eigenvalue weighted by Crippen LogP contribution is 2.36. The number of nitrogens with zero attached hydrogens (tertiary/aromatic N) is 2. The normalized spacial score (nSPS) is 11.5. The largest absolute Gasteiger partial charge is 0.416 e. The second kappa shape index (κ2) is 6.72. The molecule has 0 spiro atoms. The summed E-state index contributed by atoms with van der Waals surface area (Å²) < 4.78 is 45.4. The van der Waals surface area contributed by atoms with Gasteiger partial charge in [-0.05, 0) is 29.3 Å². The number of rotatable bonds is 3. The van der Waals surface area contributed by atoms with Crippen LogP contribution < -0.4 is 0 Å². The lowest BCUT2D eigenvalue weighted by Gasteiger charge is -2.11. The van der Waals surface area contributed by atoms with Crippen LogP contribution in [0.1, 0.15) is 5.56 Å². The molecule has 0 aliphatic carbocycles. The maximum atomic E-state index is 13.4. The molecule has 0 atom stereocenters. The Balaban J connectivity index is 1.82. The standard InChI is InChI=1S/C21H13F3N2O/c22-21(23,24)18-12-16(14-7-3-1-4-8-14)11-17(13-18)20-25-19(26-27-20)15-9-5-2-6-10-15/h1-13H. The summed E-state index contributed by atoms with van der Waals surface area (Å²) in [5, 5.41) is 3.89. The lowest BCUT2D eigenvalue weighted by atomic mass is 9.99. The molecule has 3 aromatic carbocycles. The van der Waals surface area contributed by atoms with Crippen molar-refractivity contribution in [1.29, 1.82) is 0 Å². The molecule has 4 rings (SSSR count). The third-order valence-corrected chi connectivity index (χ3v) is 4.07. The molecule has 0 radical (unpaired) electrons. The van der Waals surface area contributed by atoms with E-state index in [9.17, 15) is 13.2 Å². The van der Waals surface area contributed by atoms with Crippen LogP contribution in [0.15, 0.2) is 83.4 Å². The first kappa shape index (κ1) is 17.0. The van der Waals surface area contributed by atoms with Crippen molar-refractivity contribution < 1.29 is 17.7 Å². The maximum Gasteiger partial charge on any atom is 0.416 e. The van der Waals surface area contributed by atoms with Crippen LogP contribution in [-0.2, 0) is 6.18 Å². The maximum absolute atomic E-state index is 13.4. The van der Waals surface area contributed by atoms with Crippen molar-refractivity contribution >= 4 is 0 Å². The van der Waals surface area contributed by atoms with Gasteiger partial charge in [0.15, 0.2) is 0 Å². The van der Waals surface area contributed by atoms with Crippen molar-refractivity contribution in [3.63, 3.8) is 0 Å². The van der Waals surface area contributed by atoms with Crippen molar-refractivity contribution in [3.05, 3.63) is 84.4 Å². The molecule has 0 aliphatic rings. The van der Waals surface area contributed by atoms with E-state index in [1.165, 1.54) is 0 Å². The number of hydrogen-bond donors (Lipinski definition) is 0. The Morgan fingerprint density at radius 3 is 1.89 bits per heavy atom. The van der Waals surface area contributed by atoms with E-state index < -0.39 is 11.7 Å². The molecule has 0 fully saturated rings. The van der Waals surface area contributed by atoms with Crippen LogP contribution in [0.3, 0.4) is 0 Å². The van der Waals surface area contributed by atoms with Crippen molar-refractivity contribution in [2.45, 2.75) is 6.18 Å². The minimum Gasteiger partial charge on any atom is -0.334 e. The smallest absolute Gasteiger partial charge is 0.334 e. The van der Waals surface area contributed by atoms with Crippen LogP contribution in [0.5, 0.6) is 0 Å². The van der Waals surface area contributed by atoms with E-state index >= 15 is 0 Å². The zero-order valence-electron chi connectivity index (χ0n) is 13.9. The topological polar surface area (TPSA) is 38.9 Å². The van der Waals surface area contributed by atoms with Crippen molar-refractivity contribution in [2.75, 3.05) is 0 Å². The predicted octanol–water partition coefficient (Wildman–Crippen LogP) is 6.09. The average Bonchev–Trinajstić information content (AvgIpc) is 3.19. The molecule has 0 N–H and O–H groups in total. The van der Waals surface area contributed by atoms with Gasteiger partial charge in [0.05, 0.1) is 5.56 Å². The lowest BCUT2D eigenvalue weighted by Crippen LogP contribution is -2.05. The second-order valence-corrected chi connectivity index (χ2v) is 5.95. The van der Waals surface area contributed by atoms with Gasteiger partial charge in [-0.3, -0.25) is 0 Å². The van der Waals surface area contributed by atoms with Gasteiger partial charge in [0.25, 0.3) is 5.89 Å². The fourth-order valence-electron chi connectivity index (χ4n) is 2.76. The first-order valence-corrected chi connectivity index (χ1v) is 8.18. The second-order valence-electron chi connectivity index (χ2n) is 5.95. The van der Waals surface area contributed by atoms with Crippen LogP contribution in [0.2, 0.25) is 0 Å². The molecule has 0 amide bonds. The van der Waals surface area contributed by atoms with Crippen LogP contribution in [0, 0.1) is 0 Å². The van der Waals surface area contributed by atoms with Gasteiger partial charge in [-0.25, -0.2) is 0 Å². The fourth-order valence-corrected chi connectivity index (χ4v) is 2.76. The first-order chi connectivity index (χ1) is 13.0. The van der Waals surface area contributed by atoms with Gasteiger partial charge in [0, 0.05) is 11.1 Å². The summed E-state index contributed by atoms with van der Waals surface area (Å²) in [7, 11) is 0. The quantitative estimate of drug-likeness (QED) is 0.440. The SMILES string of the molecule is FC(F)(F)c1cc(-c2ccccc2)cc(-c2nc(-c3ccccc3)no2)c1. The summed E-state index contributed by atoms with van der Waals surface area (Å²) >= 11 is 0. The highest BCUT2D eigenvalue weighted by Gasteiger charge is 2.32. The Hall–Kier alpha value is -3.41. The van der Waals surface area contributed by atoms with Gasteiger partial charge in [-0.15, -0.1) is 0 Å². The molecule has 6 heteroatoms. The Kier molecular flexibility index (Phi) is 4.24. The van der Waals surface area contributed by atoms with Crippen LogP contribution in [0.4, 0.5) is 13.2 Å². The molecule has 3 nitrogen and oxygen atoms in total. The monoisotopic (exact) mass is 366 g/mol. The van der Waals surface area contributed by atoms with Crippen molar-refractivity contribution in [2.24, 2.45) is 0 Å². The Morgan fingerprint density at radius 2 is 1.26 bits per heavy atom. The molecule has 0 saturated carbocycles. The summed E-state index contributed by atoms with van der Waals surface area (Å²) in [6.45, 7) is 0. The number of benzene rings is 3. The first-order valence-electron chi connectivity index (χ1n) is 8.18. The van der Waals surface area contributed by atoms with Gasteiger partial charge in [0.2, 0.25) is 5.82 Å². The number of hydrogen-bond acceptors (Lipinski definition) is 3. The van der Waals surface area contributed by atoms with Gasteiger partial charge >= 0.3 is 6.18 Å². The predicted molar refractivity (Wildman–Crippen MR) is 95.6 cm³/mol. The molecule has 0 unspecified atom stereocenters. The minimum atomic E-state index is -4.48. The molecule has 4 aromatic rings. The summed E-state index contributed by atoms with van der Waals surface area (Å²) in [6.07, 6.45) is -4.48. The number of aromatic nitrogens is 2. The third kappa shape index (κ3) is 3.60. The summed E-state index contributed by atoms with van der Waals surface area (Å²) in [5.41, 5.74) is 1.28. The van der Waals surface area contributed by atoms with Crippen molar-refractivity contribution in [1.82, 2.24) is 10.1 Å². The van der Waals surface area contributed by atoms with Crippen molar-refractivity contribution in [3.8, 4) is 34.0 Å². The molecule has 134 valence electrons. The highest BCUT2D eigenvalue weighted by molar-refractivity contribution is 5.72. The summed E-state index contributed by atoms with van der Waals surface area (Å²) in [4.78, 5) is 4.26. The van der Waals surface area contributed by atoms with Crippen LogP contribution in [-0.4, -0.2) is 10.1 Å². The molecule has 0 saturated heterocycles. The number of alkyl halides is 3. The van der Waals surface area contributed by atoms with Gasteiger partial charge in [-0.1, -0.05) is 65.8 Å². The lowest BCUT2D eigenvalue weighted by molar-refractivity contribution is -0.137.